The average molecular weight is 256 g/mol. The Balaban J connectivity index is 2.17. The highest BCUT2D eigenvalue weighted by Gasteiger charge is 2.27. The van der Waals surface area contributed by atoms with Crippen molar-refractivity contribution in [1.82, 2.24) is 0 Å². The number of carbonyl (C=O) groups is 1. The molecule has 0 radical (unpaired) electrons. The van der Waals surface area contributed by atoms with Crippen molar-refractivity contribution in [1.29, 1.82) is 0 Å². The molecule has 2 aromatic carbocycles. The van der Waals surface area contributed by atoms with E-state index < -0.39 is 0 Å². The fourth-order valence-corrected chi connectivity index (χ4v) is 2.84. The molecule has 1 unspecified atom stereocenters. The lowest BCUT2D eigenvalue weighted by molar-refractivity contribution is 0.0838. The zero-order valence-electron chi connectivity index (χ0n) is 10.8. The van der Waals surface area contributed by atoms with Gasteiger partial charge in [0.25, 0.3) is 0 Å². The number of methoxy groups -OCH3 is 1. The van der Waals surface area contributed by atoms with E-state index in [0.29, 0.717) is 0 Å². The first-order valence-corrected chi connectivity index (χ1v) is 6.49. The van der Waals surface area contributed by atoms with Crippen molar-refractivity contribution >= 4 is 16.6 Å². The second-order valence-corrected chi connectivity index (χ2v) is 4.96. The molecule has 1 aliphatic carbocycles. The Morgan fingerprint density at radius 1 is 1.32 bits per heavy atom. The fourth-order valence-electron chi connectivity index (χ4n) is 2.84. The second-order valence-electron chi connectivity index (χ2n) is 4.96. The summed E-state index contributed by atoms with van der Waals surface area (Å²) >= 11 is 0. The molecule has 0 bridgehead atoms. The Labute approximate surface area is 111 Å². The number of ether oxygens (including phenoxy) is 1. The van der Waals surface area contributed by atoms with Gasteiger partial charge in [-0.25, -0.2) is 0 Å². The maximum atomic E-state index is 12.2. The summed E-state index contributed by atoms with van der Waals surface area (Å²) in [5.41, 5.74) is 1.87. The number of Topliss-reactive ketones (excluding diaryl/α,β-unsaturated/α-hetero) is 1. The Hall–Kier alpha value is -1.87. The first-order valence-electron chi connectivity index (χ1n) is 6.49. The van der Waals surface area contributed by atoms with Gasteiger partial charge in [-0.2, -0.15) is 0 Å². The lowest BCUT2D eigenvalue weighted by atomic mass is 9.81. The van der Waals surface area contributed by atoms with E-state index in [1.165, 1.54) is 0 Å². The summed E-state index contributed by atoms with van der Waals surface area (Å²) in [6, 6.07) is 9.75. The molecule has 2 aromatic rings. The molecule has 1 N–H and O–H groups in total. The van der Waals surface area contributed by atoms with Crippen LogP contribution in [0.4, 0.5) is 0 Å². The minimum absolute atomic E-state index is 0.0566. The summed E-state index contributed by atoms with van der Waals surface area (Å²) in [5, 5.41) is 11.4. The van der Waals surface area contributed by atoms with Crippen LogP contribution >= 0.6 is 0 Å². The Bertz CT molecular complexity index is 646. The van der Waals surface area contributed by atoms with Crippen LogP contribution < -0.4 is 4.74 Å². The maximum absolute atomic E-state index is 12.2. The molecular formula is C16H16O3. The molecule has 0 amide bonds. The standard InChI is InChI=1S/C16H16O3/c1-19-12-4-7-13-10(8-12)2-6-15-14(13)5-3-11(9-17)16(15)18/h2,4,6-8,11,17H,3,5,9H2,1H3. The minimum atomic E-state index is -0.233. The first-order chi connectivity index (χ1) is 9.24. The van der Waals surface area contributed by atoms with Crippen molar-refractivity contribution < 1.29 is 14.6 Å². The third-order valence-electron chi connectivity index (χ3n) is 3.94. The van der Waals surface area contributed by atoms with Gasteiger partial charge in [0.15, 0.2) is 5.78 Å². The normalized spacial score (nSPS) is 18.4. The zero-order chi connectivity index (χ0) is 13.4. The summed E-state index contributed by atoms with van der Waals surface area (Å²) in [5.74, 6) is 0.660. The van der Waals surface area contributed by atoms with E-state index in [-0.39, 0.29) is 18.3 Å². The molecule has 0 saturated heterocycles. The van der Waals surface area contributed by atoms with Gasteiger partial charge in [0.1, 0.15) is 5.75 Å². The first kappa shape index (κ1) is 12.2. The van der Waals surface area contributed by atoms with Gasteiger partial charge in [0, 0.05) is 11.5 Å². The smallest absolute Gasteiger partial charge is 0.168 e. The van der Waals surface area contributed by atoms with Gasteiger partial charge in [0.05, 0.1) is 13.7 Å². The van der Waals surface area contributed by atoms with Crippen molar-refractivity contribution in [2.24, 2.45) is 5.92 Å². The lowest BCUT2D eigenvalue weighted by Crippen LogP contribution is -2.25. The summed E-state index contributed by atoms with van der Waals surface area (Å²) in [7, 11) is 1.65. The molecule has 98 valence electrons. The highest BCUT2D eigenvalue weighted by atomic mass is 16.5. The highest BCUT2D eigenvalue weighted by molar-refractivity contribution is 6.05. The van der Waals surface area contributed by atoms with Crippen LogP contribution in [0.25, 0.3) is 10.8 Å². The number of aliphatic hydroxyl groups excluding tert-OH is 1. The number of carbonyl (C=O) groups excluding carboxylic acids is 1. The molecule has 0 aliphatic heterocycles. The predicted molar refractivity (Wildman–Crippen MR) is 73.7 cm³/mol. The summed E-state index contributed by atoms with van der Waals surface area (Å²) in [6.07, 6.45) is 1.57. The molecule has 3 rings (SSSR count). The summed E-state index contributed by atoms with van der Waals surface area (Å²) in [4.78, 5) is 12.2. The van der Waals surface area contributed by atoms with Crippen molar-refractivity contribution in [2.75, 3.05) is 13.7 Å². The number of ketones is 1. The predicted octanol–water partition coefficient (Wildman–Crippen LogP) is 2.59. The summed E-state index contributed by atoms with van der Waals surface area (Å²) in [6.45, 7) is -0.0566. The van der Waals surface area contributed by atoms with Crippen LogP contribution in [0, 0.1) is 5.92 Å². The number of aryl methyl sites for hydroxylation is 1. The molecule has 0 saturated carbocycles. The molecule has 1 atom stereocenters. The van der Waals surface area contributed by atoms with E-state index in [4.69, 9.17) is 4.74 Å². The van der Waals surface area contributed by atoms with Gasteiger partial charge in [-0.05, 0) is 41.3 Å². The molecule has 3 nitrogen and oxygen atoms in total. The molecule has 0 fully saturated rings. The topological polar surface area (TPSA) is 46.5 Å². The second kappa shape index (κ2) is 4.67. The summed E-state index contributed by atoms with van der Waals surface area (Å²) < 4.78 is 5.22. The van der Waals surface area contributed by atoms with Crippen molar-refractivity contribution in [3.63, 3.8) is 0 Å². The molecule has 1 aliphatic rings. The van der Waals surface area contributed by atoms with Crippen molar-refractivity contribution in [3.05, 3.63) is 41.5 Å². The minimum Gasteiger partial charge on any atom is -0.497 e. The molecule has 0 spiro atoms. The van der Waals surface area contributed by atoms with Gasteiger partial charge in [-0.3, -0.25) is 4.79 Å². The van der Waals surface area contributed by atoms with Crippen LogP contribution in [0.5, 0.6) is 5.75 Å². The number of hydrogen-bond donors (Lipinski definition) is 1. The number of rotatable bonds is 2. The third-order valence-corrected chi connectivity index (χ3v) is 3.94. The van der Waals surface area contributed by atoms with E-state index >= 15 is 0 Å². The van der Waals surface area contributed by atoms with Gasteiger partial charge in [0.2, 0.25) is 0 Å². The number of hydrogen-bond acceptors (Lipinski definition) is 3. The molecular weight excluding hydrogens is 240 g/mol. The van der Waals surface area contributed by atoms with Crippen molar-refractivity contribution in [3.8, 4) is 5.75 Å². The highest BCUT2D eigenvalue weighted by Crippen LogP contribution is 2.32. The quantitative estimate of drug-likeness (QED) is 0.898. The zero-order valence-corrected chi connectivity index (χ0v) is 10.8. The van der Waals surface area contributed by atoms with Crippen LogP contribution in [0.1, 0.15) is 22.3 Å². The van der Waals surface area contributed by atoms with E-state index in [9.17, 15) is 9.90 Å². The van der Waals surface area contributed by atoms with Gasteiger partial charge in [-0.15, -0.1) is 0 Å². The number of benzene rings is 2. The number of aliphatic hydroxyl groups is 1. The van der Waals surface area contributed by atoms with Gasteiger partial charge < -0.3 is 9.84 Å². The largest absolute Gasteiger partial charge is 0.497 e. The lowest BCUT2D eigenvalue weighted by Gasteiger charge is -2.23. The maximum Gasteiger partial charge on any atom is 0.168 e. The molecule has 19 heavy (non-hydrogen) atoms. The van der Waals surface area contributed by atoms with Gasteiger partial charge in [-0.1, -0.05) is 18.2 Å². The molecule has 0 heterocycles. The third kappa shape index (κ3) is 1.90. The SMILES string of the molecule is COc1ccc2c3c(ccc2c1)C(=O)C(CO)CC3. The van der Waals surface area contributed by atoms with Crippen LogP contribution in [0.3, 0.4) is 0 Å². The molecule has 3 heteroatoms. The molecule has 0 aromatic heterocycles. The van der Waals surface area contributed by atoms with Crippen molar-refractivity contribution in [2.45, 2.75) is 12.8 Å². The fraction of sp³-hybridized carbons (Fsp3) is 0.312. The van der Waals surface area contributed by atoms with Crippen LogP contribution in [0.15, 0.2) is 30.3 Å². The van der Waals surface area contributed by atoms with Gasteiger partial charge >= 0.3 is 0 Å². The Morgan fingerprint density at radius 3 is 2.89 bits per heavy atom. The van der Waals surface area contributed by atoms with E-state index in [2.05, 4.69) is 0 Å². The van der Waals surface area contributed by atoms with Crippen LogP contribution in [0.2, 0.25) is 0 Å². The van der Waals surface area contributed by atoms with E-state index in [0.717, 1.165) is 40.5 Å². The van der Waals surface area contributed by atoms with E-state index in [1.807, 2.05) is 30.3 Å². The van der Waals surface area contributed by atoms with Crippen LogP contribution in [-0.2, 0) is 6.42 Å². The van der Waals surface area contributed by atoms with E-state index in [1.54, 1.807) is 7.11 Å². The average Bonchev–Trinajstić information content (AvgIpc) is 2.46. The number of fused-ring (bicyclic) bond motifs is 3. The monoisotopic (exact) mass is 256 g/mol. The Kier molecular flexibility index (Phi) is 2.99. The Morgan fingerprint density at radius 2 is 2.16 bits per heavy atom. The van der Waals surface area contributed by atoms with Crippen LogP contribution in [-0.4, -0.2) is 24.6 Å².